The van der Waals surface area contributed by atoms with Gasteiger partial charge >= 0.3 is 0 Å². The topological polar surface area (TPSA) is 72.4 Å². The van der Waals surface area contributed by atoms with Gasteiger partial charge in [0.1, 0.15) is 0 Å². The van der Waals surface area contributed by atoms with E-state index < -0.39 is 0 Å². The third kappa shape index (κ3) is 3.31. The highest BCUT2D eigenvalue weighted by Gasteiger charge is 2.29. The Labute approximate surface area is 157 Å². The van der Waals surface area contributed by atoms with Crippen LogP contribution >= 0.6 is 0 Å². The SMILES string of the molecule is COCCn1ccc2c(NC(=O)CC3NC(=O)c4ccccc43)cccc21. The number of benzene rings is 2. The molecule has 0 bridgehead atoms. The van der Waals surface area contributed by atoms with E-state index in [-0.39, 0.29) is 24.3 Å². The summed E-state index contributed by atoms with van der Waals surface area (Å²) in [5.74, 6) is -0.255. The molecule has 6 heteroatoms. The monoisotopic (exact) mass is 363 g/mol. The van der Waals surface area contributed by atoms with E-state index in [0.29, 0.717) is 12.2 Å². The molecule has 1 aliphatic rings. The molecule has 2 N–H and O–H groups in total. The predicted molar refractivity (Wildman–Crippen MR) is 104 cm³/mol. The third-order valence-corrected chi connectivity index (χ3v) is 4.90. The lowest BCUT2D eigenvalue weighted by atomic mass is 10.0. The molecule has 1 aromatic heterocycles. The summed E-state index contributed by atoms with van der Waals surface area (Å²) in [4.78, 5) is 24.6. The van der Waals surface area contributed by atoms with Gasteiger partial charge in [-0.1, -0.05) is 24.3 Å². The lowest BCUT2D eigenvalue weighted by molar-refractivity contribution is -0.116. The molecule has 3 aromatic rings. The summed E-state index contributed by atoms with van der Waals surface area (Å²) in [5.41, 5.74) is 3.34. The summed E-state index contributed by atoms with van der Waals surface area (Å²) in [6, 6.07) is 14.9. The molecule has 0 radical (unpaired) electrons. The van der Waals surface area contributed by atoms with Crippen LogP contribution in [-0.2, 0) is 16.1 Å². The van der Waals surface area contributed by atoms with Gasteiger partial charge in [0, 0.05) is 30.8 Å². The minimum Gasteiger partial charge on any atom is -0.383 e. The minimum absolute atomic E-state index is 0.124. The summed E-state index contributed by atoms with van der Waals surface area (Å²) in [7, 11) is 1.68. The van der Waals surface area contributed by atoms with Crippen molar-refractivity contribution in [3.05, 3.63) is 65.9 Å². The van der Waals surface area contributed by atoms with Crippen molar-refractivity contribution in [2.45, 2.75) is 19.0 Å². The number of methoxy groups -OCH3 is 1. The molecular formula is C21H21N3O3. The number of aromatic nitrogens is 1. The number of ether oxygens (including phenoxy) is 1. The molecule has 1 atom stereocenters. The summed E-state index contributed by atoms with van der Waals surface area (Å²) < 4.78 is 7.24. The van der Waals surface area contributed by atoms with Gasteiger partial charge in [0.15, 0.2) is 0 Å². The molecule has 1 unspecified atom stereocenters. The maximum atomic E-state index is 12.6. The van der Waals surface area contributed by atoms with Crippen LogP contribution in [0.5, 0.6) is 0 Å². The van der Waals surface area contributed by atoms with E-state index in [4.69, 9.17) is 4.74 Å². The van der Waals surface area contributed by atoms with Crippen molar-refractivity contribution in [2.75, 3.05) is 19.0 Å². The Hall–Kier alpha value is -3.12. The van der Waals surface area contributed by atoms with Crippen LogP contribution in [0.1, 0.15) is 28.4 Å². The lowest BCUT2D eigenvalue weighted by Gasteiger charge is -2.13. The highest BCUT2D eigenvalue weighted by Crippen LogP contribution is 2.29. The highest BCUT2D eigenvalue weighted by atomic mass is 16.5. The van der Waals surface area contributed by atoms with E-state index in [1.165, 1.54) is 0 Å². The van der Waals surface area contributed by atoms with E-state index in [9.17, 15) is 9.59 Å². The first kappa shape index (κ1) is 17.3. The van der Waals surface area contributed by atoms with Crippen LogP contribution in [0.25, 0.3) is 10.9 Å². The van der Waals surface area contributed by atoms with Crippen LogP contribution in [0, 0.1) is 0 Å². The summed E-state index contributed by atoms with van der Waals surface area (Å²) in [6.07, 6.45) is 2.19. The molecule has 0 saturated carbocycles. The first-order valence-electron chi connectivity index (χ1n) is 8.94. The minimum atomic E-state index is -0.292. The van der Waals surface area contributed by atoms with Crippen LogP contribution in [0.3, 0.4) is 0 Å². The molecule has 2 heterocycles. The average Bonchev–Trinajstić information content (AvgIpc) is 3.22. The maximum absolute atomic E-state index is 12.6. The van der Waals surface area contributed by atoms with Crippen molar-refractivity contribution in [1.29, 1.82) is 0 Å². The Bertz CT molecular complexity index is 1010. The quantitative estimate of drug-likeness (QED) is 0.707. The second-order valence-corrected chi connectivity index (χ2v) is 6.61. The van der Waals surface area contributed by atoms with Crippen molar-refractivity contribution in [3.8, 4) is 0 Å². The van der Waals surface area contributed by atoms with Gasteiger partial charge in [-0.25, -0.2) is 0 Å². The smallest absolute Gasteiger partial charge is 0.252 e. The zero-order chi connectivity index (χ0) is 18.8. The zero-order valence-electron chi connectivity index (χ0n) is 15.1. The van der Waals surface area contributed by atoms with Gasteiger partial charge in [0.05, 0.1) is 30.3 Å². The normalized spacial score (nSPS) is 15.6. The molecule has 1 aliphatic heterocycles. The number of carbonyl (C=O) groups excluding carboxylic acids is 2. The summed E-state index contributed by atoms with van der Waals surface area (Å²) in [6.45, 7) is 1.38. The number of nitrogens with one attached hydrogen (secondary N) is 2. The molecule has 0 saturated heterocycles. The number of nitrogens with zero attached hydrogens (tertiary/aromatic N) is 1. The Morgan fingerprint density at radius 2 is 2.04 bits per heavy atom. The Morgan fingerprint density at radius 1 is 1.19 bits per heavy atom. The van der Waals surface area contributed by atoms with E-state index in [1.54, 1.807) is 13.2 Å². The van der Waals surface area contributed by atoms with Gasteiger partial charge in [-0.15, -0.1) is 0 Å². The first-order valence-corrected chi connectivity index (χ1v) is 8.94. The Morgan fingerprint density at radius 3 is 2.89 bits per heavy atom. The lowest BCUT2D eigenvalue weighted by Crippen LogP contribution is -2.24. The van der Waals surface area contributed by atoms with Crippen molar-refractivity contribution in [1.82, 2.24) is 9.88 Å². The Balaban J connectivity index is 1.51. The van der Waals surface area contributed by atoms with Crippen molar-refractivity contribution in [3.63, 3.8) is 0 Å². The highest BCUT2D eigenvalue weighted by molar-refractivity contribution is 6.03. The van der Waals surface area contributed by atoms with E-state index in [0.717, 1.165) is 28.7 Å². The molecule has 138 valence electrons. The molecule has 6 nitrogen and oxygen atoms in total. The van der Waals surface area contributed by atoms with Gasteiger partial charge < -0.3 is 19.9 Å². The third-order valence-electron chi connectivity index (χ3n) is 4.90. The molecule has 0 fully saturated rings. The molecule has 2 aromatic carbocycles. The molecular weight excluding hydrogens is 342 g/mol. The van der Waals surface area contributed by atoms with Gasteiger partial charge in [0.25, 0.3) is 5.91 Å². The van der Waals surface area contributed by atoms with Crippen molar-refractivity contribution >= 4 is 28.4 Å². The fourth-order valence-corrected chi connectivity index (χ4v) is 3.59. The number of fused-ring (bicyclic) bond motifs is 2. The fourth-order valence-electron chi connectivity index (χ4n) is 3.59. The predicted octanol–water partition coefficient (Wildman–Crippen LogP) is 3.10. The van der Waals surface area contributed by atoms with Crippen molar-refractivity contribution in [2.24, 2.45) is 0 Å². The van der Waals surface area contributed by atoms with Crippen LogP contribution in [0.15, 0.2) is 54.7 Å². The fraction of sp³-hybridized carbons (Fsp3) is 0.238. The largest absolute Gasteiger partial charge is 0.383 e. The number of carbonyl (C=O) groups is 2. The van der Waals surface area contributed by atoms with Crippen LogP contribution in [0.4, 0.5) is 5.69 Å². The number of anilines is 1. The molecule has 2 amide bonds. The van der Waals surface area contributed by atoms with Crippen LogP contribution in [-0.4, -0.2) is 30.1 Å². The second-order valence-electron chi connectivity index (χ2n) is 6.61. The van der Waals surface area contributed by atoms with E-state index in [2.05, 4.69) is 15.2 Å². The number of hydrogen-bond acceptors (Lipinski definition) is 3. The number of hydrogen-bond donors (Lipinski definition) is 2. The summed E-state index contributed by atoms with van der Waals surface area (Å²) in [5, 5.41) is 6.86. The maximum Gasteiger partial charge on any atom is 0.252 e. The van der Waals surface area contributed by atoms with E-state index in [1.807, 2.05) is 48.7 Å². The average molecular weight is 363 g/mol. The standard InChI is InChI=1S/C21H21N3O3/c1-27-12-11-24-10-9-16-17(7-4-8-19(16)24)22-20(25)13-18-14-5-2-3-6-15(14)21(26)23-18/h2-10,18H,11-13H2,1H3,(H,22,25)(H,23,26). The van der Waals surface area contributed by atoms with Crippen molar-refractivity contribution < 1.29 is 14.3 Å². The molecule has 4 rings (SSSR count). The van der Waals surface area contributed by atoms with Gasteiger partial charge in [0.2, 0.25) is 5.91 Å². The molecule has 0 aliphatic carbocycles. The molecule has 27 heavy (non-hydrogen) atoms. The van der Waals surface area contributed by atoms with Gasteiger partial charge in [-0.05, 0) is 29.8 Å². The Kier molecular flexibility index (Phi) is 4.64. The summed E-state index contributed by atoms with van der Waals surface area (Å²) >= 11 is 0. The number of rotatable bonds is 6. The van der Waals surface area contributed by atoms with Gasteiger partial charge in [-0.2, -0.15) is 0 Å². The first-order chi connectivity index (χ1) is 13.2. The van der Waals surface area contributed by atoms with Crippen LogP contribution in [0.2, 0.25) is 0 Å². The zero-order valence-corrected chi connectivity index (χ0v) is 15.1. The second kappa shape index (κ2) is 7.25. The van der Waals surface area contributed by atoms with Gasteiger partial charge in [-0.3, -0.25) is 9.59 Å². The number of amides is 2. The van der Waals surface area contributed by atoms with Crippen LogP contribution < -0.4 is 10.6 Å². The molecule has 0 spiro atoms. The van der Waals surface area contributed by atoms with E-state index >= 15 is 0 Å².